The Morgan fingerprint density at radius 3 is 2.40 bits per heavy atom. The smallest absolute Gasteiger partial charge is 0.327 e. The molecule has 0 saturated carbocycles. The molecule has 0 aliphatic carbocycles. The molecule has 0 spiro atoms. The van der Waals surface area contributed by atoms with E-state index < -0.39 is 23.2 Å². The highest BCUT2D eigenvalue weighted by Gasteiger charge is 2.20. The maximum absolute atomic E-state index is 11.6. The van der Waals surface area contributed by atoms with Gasteiger partial charge in [0, 0.05) is 23.4 Å². The molecule has 0 fully saturated rings. The fourth-order valence-electron chi connectivity index (χ4n) is 1.27. The number of anilines is 1. The number of carboxylic acids is 1. The number of carbonyl (C=O) groups excluding carboxylic acids is 2. The predicted molar refractivity (Wildman–Crippen MR) is 78.2 cm³/mol. The van der Waals surface area contributed by atoms with Gasteiger partial charge in [-0.2, -0.15) is 0 Å². The molecule has 0 saturated heterocycles. The minimum absolute atomic E-state index is 0.0612. The van der Waals surface area contributed by atoms with Gasteiger partial charge in [0.2, 0.25) is 5.91 Å². The standard InChI is InChI=1S/C12H13ClN2O4S/c1-7(16)14-10(11(17)18)6-20-12(19)15-9-4-2-8(13)3-5-9/h2-5,10H,6H2,1H3,(H,14,16)(H,15,19)(H,17,18). The minimum atomic E-state index is -1.19. The molecule has 0 aromatic heterocycles. The first kappa shape index (κ1) is 16.3. The predicted octanol–water partition coefficient (Wildman–Crippen LogP) is 2.19. The van der Waals surface area contributed by atoms with Crippen molar-refractivity contribution in [1.29, 1.82) is 0 Å². The molecular formula is C12H13ClN2O4S. The highest BCUT2D eigenvalue weighted by atomic mass is 35.5. The lowest BCUT2D eigenvalue weighted by Crippen LogP contribution is -2.41. The van der Waals surface area contributed by atoms with Crippen molar-refractivity contribution in [2.75, 3.05) is 11.1 Å². The van der Waals surface area contributed by atoms with Gasteiger partial charge in [-0.1, -0.05) is 23.4 Å². The largest absolute Gasteiger partial charge is 0.480 e. The van der Waals surface area contributed by atoms with E-state index >= 15 is 0 Å². The summed E-state index contributed by atoms with van der Waals surface area (Å²) in [6.45, 7) is 1.22. The van der Waals surface area contributed by atoms with Crippen molar-refractivity contribution in [1.82, 2.24) is 5.32 Å². The molecule has 0 aliphatic rings. The Kier molecular flexibility index (Phi) is 6.33. The van der Waals surface area contributed by atoms with Crippen LogP contribution in [0.2, 0.25) is 5.02 Å². The number of thioether (sulfide) groups is 1. The summed E-state index contributed by atoms with van der Waals surface area (Å²) >= 11 is 6.49. The van der Waals surface area contributed by atoms with E-state index in [1.165, 1.54) is 6.92 Å². The van der Waals surface area contributed by atoms with Gasteiger partial charge >= 0.3 is 5.97 Å². The Morgan fingerprint density at radius 2 is 1.90 bits per heavy atom. The fraction of sp³-hybridized carbons (Fsp3) is 0.250. The molecule has 3 N–H and O–H groups in total. The van der Waals surface area contributed by atoms with E-state index in [-0.39, 0.29) is 5.75 Å². The molecule has 1 rings (SSSR count). The maximum Gasteiger partial charge on any atom is 0.327 e. The van der Waals surface area contributed by atoms with Gasteiger partial charge in [-0.05, 0) is 24.3 Å². The van der Waals surface area contributed by atoms with Crippen LogP contribution < -0.4 is 10.6 Å². The summed E-state index contributed by atoms with van der Waals surface area (Å²) in [5.41, 5.74) is 0.554. The SMILES string of the molecule is CC(=O)NC(CSC(=O)Nc1ccc(Cl)cc1)C(=O)O. The number of halogens is 1. The van der Waals surface area contributed by atoms with Gasteiger partial charge in [-0.3, -0.25) is 9.59 Å². The molecule has 1 aromatic rings. The molecule has 20 heavy (non-hydrogen) atoms. The second-order valence-electron chi connectivity index (χ2n) is 3.82. The number of hydrogen-bond donors (Lipinski definition) is 3. The molecular weight excluding hydrogens is 304 g/mol. The van der Waals surface area contributed by atoms with Gasteiger partial charge in [0.1, 0.15) is 6.04 Å². The van der Waals surface area contributed by atoms with E-state index in [0.717, 1.165) is 11.8 Å². The van der Waals surface area contributed by atoms with Gasteiger partial charge in [0.15, 0.2) is 0 Å². The highest BCUT2D eigenvalue weighted by Crippen LogP contribution is 2.16. The summed E-state index contributed by atoms with van der Waals surface area (Å²) in [6, 6.07) is 5.40. The molecule has 108 valence electrons. The topological polar surface area (TPSA) is 95.5 Å². The maximum atomic E-state index is 11.6. The lowest BCUT2D eigenvalue weighted by atomic mass is 10.3. The molecule has 0 heterocycles. The number of nitrogens with one attached hydrogen (secondary N) is 2. The van der Waals surface area contributed by atoms with Crippen LogP contribution in [0.25, 0.3) is 0 Å². The number of amides is 2. The third-order valence-corrected chi connectivity index (χ3v) is 3.26. The second-order valence-corrected chi connectivity index (χ2v) is 5.25. The number of rotatable bonds is 5. The number of aliphatic carboxylic acids is 1. The van der Waals surface area contributed by atoms with E-state index in [0.29, 0.717) is 10.7 Å². The normalized spacial score (nSPS) is 11.5. The quantitative estimate of drug-likeness (QED) is 0.774. The number of carboxylic acid groups (broad SMARTS) is 1. The lowest BCUT2D eigenvalue weighted by molar-refractivity contribution is -0.140. The summed E-state index contributed by atoms with van der Waals surface area (Å²) in [5, 5.41) is 13.8. The van der Waals surface area contributed by atoms with Crippen molar-refractivity contribution in [2.24, 2.45) is 0 Å². The van der Waals surface area contributed by atoms with Crippen LogP contribution in [0.3, 0.4) is 0 Å². The summed E-state index contributed by atoms with van der Waals surface area (Å²) in [7, 11) is 0. The van der Waals surface area contributed by atoms with Crippen LogP contribution in [0, 0.1) is 0 Å². The average Bonchev–Trinajstić information content (AvgIpc) is 2.36. The first-order valence-corrected chi connectivity index (χ1v) is 6.94. The van der Waals surface area contributed by atoms with Gasteiger partial charge in [0.25, 0.3) is 5.24 Å². The van der Waals surface area contributed by atoms with Gasteiger partial charge in [-0.15, -0.1) is 0 Å². The molecule has 2 amide bonds. The highest BCUT2D eigenvalue weighted by molar-refractivity contribution is 8.13. The first-order valence-electron chi connectivity index (χ1n) is 5.57. The summed E-state index contributed by atoms with van der Waals surface area (Å²) in [5.74, 6) is -1.71. The lowest BCUT2D eigenvalue weighted by Gasteiger charge is -2.12. The molecule has 1 aromatic carbocycles. The number of hydrogen-bond acceptors (Lipinski definition) is 4. The first-order chi connectivity index (χ1) is 9.38. The van der Waals surface area contributed by atoms with Crippen LogP contribution in [0.5, 0.6) is 0 Å². The van der Waals surface area contributed by atoms with E-state index in [1.807, 2.05) is 0 Å². The summed E-state index contributed by atoms with van der Waals surface area (Å²) in [4.78, 5) is 33.3. The Bertz CT molecular complexity index is 507. The summed E-state index contributed by atoms with van der Waals surface area (Å²) in [6.07, 6.45) is 0. The van der Waals surface area contributed by atoms with Crippen LogP contribution in [-0.2, 0) is 9.59 Å². The van der Waals surface area contributed by atoms with E-state index in [9.17, 15) is 14.4 Å². The fourth-order valence-corrected chi connectivity index (χ4v) is 2.13. The van der Waals surface area contributed by atoms with Crippen molar-refractivity contribution >= 4 is 46.2 Å². The van der Waals surface area contributed by atoms with E-state index in [1.54, 1.807) is 24.3 Å². The number of benzene rings is 1. The van der Waals surface area contributed by atoms with Crippen molar-refractivity contribution in [3.8, 4) is 0 Å². The molecule has 1 unspecified atom stereocenters. The molecule has 6 nitrogen and oxygen atoms in total. The van der Waals surface area contributed by atoms with E-state index in [2.05, 4.69) is 10.6 Å². The second kappa shape index (κ2) is 7.76. The van der Waals surface area contributed by atoms with Crippen LogP contribution in [0.1, 0.15) is 6.92 Å². The van der Waals surface area contributed by atoms with Gasteiger partial charge in [0.05, 0.1) is 0 Å². The molecule has 0 aliphatic heterocycles. The minimum Gasteiger partial charge on any atom is -0.480 e. The Balaban J connectivity index is 2.47. The van der Waals surface area contributed by atoms with Crippen molar-refractivity contribution < 1.29 is 19.5 Å². The monoisotopic (exact) mass is 316 g/mol. The van der Waals surface area contributed by atoms with Crippen LogP contribution >= 0.6 is 23.4 Å². The number of carbonyl (C=O) groups is 3. The van der Waals surface area contributed by atoms with Crippen LogP contribution in [0.15, 0.2) is 24.3 Å². The Labute approximate surface area is 124 Å². The third kappa shape index (κ3) is 5.94. The average molecular weight is 317 g/mol. The van der Waals surface area contributed by atoms with Crippen LogP contribution in [-0.4, -0.2) is 34.0 Å². The summed E-state index contributed by atoms with van der Waals surface area (Å²) < 4.78 is 0. The van der Waals surface area contributed by atoms with Gasteiger partial charge in [-0.25, -0.2) is 4.79 Å². The third-order valence-electron chi connectivity index (χ3n) is 2.15. The zero-order valence-corrected chi connectivity index (χ0v) is 12.1. The molecule has 0 bridgehead atoms. The van der Waals surface area contributed by atoms with Crippen molar-refractivity contribution in [3.63, 3.8) is 0 Å². The van der Waals surface area contributed by atoms with Gasteiger partial charge < -0.3 is 15.7 Å². The molecule has 0 radical (unpaired) electrons. The Hall–Kier alpha value is -1.73. The van der Waals surface area contributed by atoms with Crippen molar-refractivity contribution in [3.05, 3.63) is 29.3 Å². The zero-order valence-electron chi connectivity index (χ0n) is 10.6. The zero-order chi connectivity index (χ0) is 15.1. The van der Waals surface area contributed by atoms with Crippen LogP contribution in [0.4, 0.5) is 10.5 Å². The van der Waals surface area contributed by atoms with E-state index in [4.69, 9.17) is 16.7 Å². The Morgan fingerprint density at radius 1 is 1.30 bits per heavy atom. The molecule has 8 heteroatoms. The van der Waals surface area contributed by atoms with Crippen molar-refractivity contribution in [2.45, 2.75) is 13.0 Å². The molecule has 1 atom stereocenters.